The molecule has 1 heterocycles. The van der Waals surface area contributed by atoms with Gasteiger partial charge in [-0.25, -0.2) is 14.1 Å². The van der Waals surface area contributed by atoms with Gasteiger partial charge in [0.05, 0.1) is 5.69 Å². The number of rotatable bonds is 8. The minimum absolute atomic E-state index is 0. The predicted octanol–water partition coefficient (Wildman–Crippen LogP) is 3.87. The largest absolute Gasteiger partial charge is 0.356 e. The maximum Gasteiger partial charge on any atom is 0.191 e. The molecule has 2 aromatic carbocycles. The number of hydrogen-bond acceptors (Lipinski definition) is 4. The minimum atomic E-state index is -0.200. The van der Waals surface area contributed by atoms with Crippen molar-refractivity contribution in [3.8, 4) is 5.69 Å². The van der Waals surface area contributed by atoms with Crippen molar-refractivity contribution in [2.75, 3.05) is 19.3 Å². The quantitative estimate of drug-likeness (QED) is 0.153. The van der Waals surface area contributed by atoms with Gasteiger partial charge in [-0.1, -0.05) is 12.1 Å². The van der Waals surface area contributed by atoms with Gasteiger partial charge in [0, 0.05) is 25.0 Å². The van der Waals surface area contributed by atoms with Gasteiger partial charge in [-0.05, 0) is 54.1 Å². The maximum absolute atomic E-state index is 12.9. The van der Waals surface area contributed by atoms with Gasteiger partial charge in [-0.15, -0.1) is 35.7 Å². The van der Waals surface area contributed by atoms with Crippen LogP contribution in [-0.2, 0) is 6.54 Å². The van der Waals surface area contributed by atoms with Crippen LogP contribution in [0.15, 0.2) is 71.1 Å². The van der Waals surface area contributed by atoms with Gasteiger partial charge < -0.3 is 10.6 Å². The molecule has 6 nitrogen and oxygen atoms in total. The summed E-state index contributed by atoms with van der Waals surface area (Å²) < 4.78 is 14.6. The van der Waals surface area contributed by atoms with E-state index in [-0.39, 0.29) is 29.8 Å². The van der Waals surface area contributed by atoms with Gasteiger partial charge in [0.2, 0.25) is 0 Å². The third-order valence-corrected chi connectivity index (χ3v) is 5.10. The van der Waals surface area contributed by atoms with E-state index in [1.807, 2.05) is 24.3 Å². The van der Waals surface area contributed by atoms with E-state index in [9.17, 15) is 4.39 Å². The topological polar surface area (TPSA) is 67.1 Å². The van der Waals surface area contributed by atoms with E-state index >= 15 is 0 Å². The Hall–Kier alpha value is -2.14. The summed E-state index contributed by atoms with van der Waals surface area (Å²) in [5.74, 6) is 1.53. The Morgan fingerprint density at radius 3 is 2.52 bits per heavy atom. The standard InChI is InChI=1S/C20H23FN6S.HI/c1-22-20(24-11-2-12-28-19-9-5-17(21)6-10-19)25-13-16-3-7-18(8-4-16)27-15-23-14-26-27;/h3-10,14-15H,2,11-13H2,1H3,(H2,22,24,25);1H. The van der Waals surface area contributed by atoms with Crippen LogP contribution in [0.2, 0.25) is 0 Å². The van der Waals surface area contributed by atoms with Gasteiger partial charge >= 0.3 is 0 Å². The van der Waals surface area contributed by atoms with Crippen molar-refractivity contribution in [3.05, 3.63) is 72.6 Å². The van der Waals surface area contributed by atoms with Crippen LogP contribution in [0, 0.1) is 5.82 Å². The summed E-state index contributed by atoms with van der Waals surface area (Å²) in [6, 6.07) is 14.7. The molecular weight excluding hydrogens is 502 g/mol. The molecule has 0 saturated heterocycles. The summed E-state index contributed by atoms with van der Waals surface area (Å²) in [7, 11) is 1.76. The lowest BCUT2D eigenvalue weighted by Gasteiger charge is -2.12. The molecule has 0 saturated carbocycles. The molecule has 0 amide bonds. The second kappa shape index (κ2) is 12.4. The molecule has 0 spiro atoms. The fourth-order valence-electron chi connectivity index (χ4n) is 2.51. The normalized spacial score (nSPS) is 11.0. The first-order valence-electron chi connectivity index (χ1n) is 9.01. The summed E-state index contributed by atoms with van der Waals surface area (Å²) in [6.07, 6.45) is 4.17. The first kappa shape index (κ1) is 23.1. The van der Waals surface area contributed by atoms with E-state index in [0.29, 0.717) is 6.54 Å². The monoisotopic (exact) mass is 526 g/mol. The minimum Gasteiger partial charge on any atom is -0.356 e. The molecule has 0 radical (unpaired) electrons. The number of halogens is 2. The van der Waals surface area contributed by atoms with Crippen LogP contribution >= 0.6 is 35.7 Å². The fourth-order valence-corrected chi connectivity index (χ4v) is 3.37. The molecule has 2 N–H and O–H groups in total. The third-order valence-electron chi connectivity index (χ3n) is 4.00. The number of guanidine groups is 1. The van der Waals surface area contributed by atoms with Crippen LogP contribution in [0.25, 0.3) is 5.69 Å². The summed E-state index contributed by atoms with van der Waals surface area (Å²) in [6.45, 7) is 1.50. The molecule has 29 heavy (non-hydrogen) atoms. The molecule has 0 aliphatic rings. The highest BCUT2D eigenvalue weighted by atomic mass is 127. The van der Waals surface area contributed by atoms with E-state index in [1.54, 1.807) is 29.8 Å². The highest BCUT2D eigenvalue weighted by Crippen LogP contribution is 2.18. The third kappa shape index (κ3) is 7.65. The number of aromatic nitrogens is 3. The number of hydrogen-bond donors (Lipinski definition) is 2. The van der Waals surface area contributed by atoms with E-state index < -0.39 is 0 Å². The fraction of sp³-hybridized carbons (Fsp3) is 0.250. The van der Waals surface area contributed by atoms with Crippen LogP contribution < -0.4 is 10.6 Å². The van der Waals surface area contributed by atoms with Gasteiger partial charge in [0.25, 0.3) is 0 Å². The van der Waals surface area contributed by atoms with Gasteiger partial charge in [0.1, 0.15) is 18.5 Å². The van der Waals surface area contributed by atoms with Crippen molar-refractivity contribution < 1.29 is 4.39 Å². The molecular formula is C20H24FIN6S. The second-order valence-electron chi connectivity index (χ2n) is 6.01. The number of thioether (sulfide) groups is 1. The molecule has 9 heteroatoms. The van der Waals surface area contributed by atoms with Crippen LogP contribution in [0.1, 0.15) is 12.0 Å². The number of aliphatic imine (C=N–C) groups is 1. The number of nitrogens with one attached hydrogen (secondary N) is 2. The highest BCUT2D eigenvalue weighted by molar-refractivity contribution is 14.0. The highest BCUT2D eigenvalue weighted by Gasteiger charge is 2.01. The van der Waals surface area contributed by atoms with Gasteiger partial charge in [-0.3, -0.25) is 4.99 Å². The Kier molecular flexibility index (Phi) is 9.92. The lowest BCUT2D eigenvalue weighted by atomic mass is 10.2. The Labute approximate surface area is 191 Å². The van der Waals surface area contributed by atoms with E-state index in [4.69, 9.17) is 0 Å². The van der Waals surface area contributed by atoms with Gasteiger partial charge in [0.15, 0.2) is 5.96 Å². The van der Waals surface area contributed by atoms with Crippen LogP contribution in [0.5, 0.6) is 0 Å². The summed E-state index contributed by atoms with van der Waals surface area (Å²) in [4.78, 5) is 9.28. The molecule has 3 rings (SSSR count). The smallest absolute Gasteiger partial charge is 0.191 e. The lowest BCUT2D eigenvalue weighted by Crippen LogP contribution is -2.37. The van der Waals surface area contributed by atoms with E-state index in [0.717, 1.165) is 40.8 Å². The van der Waals surface area contributed by atoms with Crippen molar-refractivity contribution in [3.63, 3.8) is 0 Å². The number of nitrogens with zero attached hydrogens (tertiary/aromatic N) is 4. The summed E-state index contributed by atoms with van der Waals surface area (Å²) in [5.41, 5.74) is 2.13. The average molecular weight is 526 g/mol. The molecule has 0 unspecified atom stereocenters. The Morgan fingerprint density at radius 2 is 1.86 bits per heavy atom. The molecule has 0 atom stereocenters. The molecule has 0 bridgehead atoms. The zero-order chi connectivity index (χ0) is 19.6. The van der Waals surface area contributed by atoms with Gasteiger partial charge in [-0.2, -0.15) is 5.10 Å². The van der Waals surface area contributed by atoms with Crippen molar-refractivity contribution in [2.24, 2.45) is 4.99 Å². The van der Waals surface area contributed by atoms with Crippen molar-refractivity contribution >= 4 is 41.7 Å². The van der Waals surface area contributed by atoms with Crippen molar-refractivity contribution in [1.82, 2.24) is 25.4 Å². The van der Waals surface area contributed by atoms with E-state index in [2.05, 4.69) is 37.8 Å². The Bertz CT molecular complexity index is 869. The first-order chi connectivity index (χ1) is 13.7. The molecule has 0 fully saturated rings. The molecule has 1 aromatic heterocycles. The predicted molar refractivity (Wildman–Crippen MR) is 127 cm³/mol. The first-order valence-corrected chi connectivity index (χ1v) is 10.00. The number of benzene rings is 2. The van der Waals surface area contributed by atoms with Crippen LogP contribution in [-0.4, -0.2) is 40.1 Å². The van der Waals surface area contributed by atoms with Crippen molar-refractivity contribution in [2.45, 2.75) is 17.9 Å². The second-order valence-corrected chi connectivity index (χ2v) is 7.18. The zero-order valence-corrected chi connectivity index (χ0v) is 19.2. The average Bonchev–Trinajstić information content (AvgIpc) is 3.27. The lowest BCUT2D eigenvalue weighted by molar-refractivity contribution is 0.626. The van der Waals surface area contributed by atoms with Crippen molar-refractivity contribution in [1.29, 1.82) is 0 Å². The SMILES string of the molecule is CN=C(NCCCSc1ccc(F)cc1)NCc1ccc(-n2cncn2)cc1.I. The Morgan fingerprint density at radius 1 is 1.10 bits per heavy atom. The molecule has 154 valence electrons. The molecule has 3 aromatic rings. The van der Waals surface area contributed by atoms with Crippen LogP contribution in [0.4, 0.5) is 4.39 Å². The Balaban J connectivity index is 0.00000300. The summed E-state index contributed by atoms with van der Waals surface area (Å²) in [5, 5.41) is 10.7. The summed E-state index contributed by atoms with van der Waals surface area (Å²) >= 11 is 1.72. The molecule has 0 aliphatic heterocycles. The zero-order valence-electron chi connectivity index (χ0n) is 16.1. The van der Waals surface area contributed by atoms with E-state index in [1.165, 1.54) is 18.5 Å². The van der Waals surface area contributed by atoms with Crippen LogP contribution in [0.3, 0.4) is 0 Å². The maximum atomic E-state index is 12.9. The molecule has 0 aliphatic carbocycles.